The minimum Gasteiger partial charge on any atom is -0.411 e. The molecule has 10 saturated carbocycles. The lowest BCUT2D eigenvalue weighted by atomic mass is 9.41. The minimum absolute atomic E-state index is 0. The van der Waals surface area contributed by atoms with Crippen LogP contribution in [0.15, 0.2) is 12.2 Å². The number of fused-ring (bicyclic) bond motifs is 8. The van der Waals surface area contributed by atoms with Crippen LogP contribution in [0.2, 0.25) is 36.3 Å². The lowest BCUT2D eigenvalue weighted by Crippen LogP contribution is -2.60. The molecule has 2 heterocycles. The average Bonchev–Trinajstić information content (AvgIpc) is 1.65. The maximum atomic E-state index is 11.3. The van der Waals surface area contributed by atoms with Crippen molar-refractivity contribution in [3.63, 3.8) is 0 Å². The molecule has 0 aromatic rings. The van der Waals surface area contributed by atoms with Gasteiger partial charge in [-0.05, 0) is 260 Å². The van der Waals surface area contributed by atoms with Gasteiger partial charge >= 0.3 is 0 Å². The Morgan fingerprint density at radius 3 is 1.22 bits per heavy atom. The third-order valence-electron chi connectivity index (χ3n) is 33.2. The lowest BCUT2D eigenvalue weighted by molar-refractivity contribution is -0.177. The molecule has 2 N–H and O–H groups in total. The molecule has 0 bridgehead atoms. The molecule has 0 aromatic heterocycles. The molecule has 12 rings (SSSR count). The zero-order valence-corrected chi connectivity index (χ0v) is 59.3. The van der Waals surface area contributed by atoms with E-state index < -0.39 is 28.8 Å². The molecular formula is C74H132O6Si2. The Balaban J connectivity index is 0.000000183. The van der Waals surface area contributed by atoms with Crippen molar-refractivity contribution in [2.45, 2.75) is 333 Å². The van der Waals surface area contributed by atoms with Gasteiger partial charge in [0.25, 0.3) is 0 Å². The van der Waals surface area contributed by atoms with Gasteiger partial charge in [0.15, 0.2) is 16.6 Å². The SMILES string of the molecule is C=C(C)[C@@H](O)[C@H]1C[C@@H](C)[C@H]2[C@H](O1)[C@H](O[Si](CC)(CC)CC)[C@@]1(C)[C@@H]3CC[C@H]4C(C)(C)[C@@H](C)CC[C@@]45C[C@@]35CC[C@]21C.CC[Si](CC)(CC)O[C@H]1[C@H]2O[C@@H]([C@H](O)C(C)C)C[C@@H](C)[C@@H]2[C@@]2(C)CC[C@@]34C[C@@]35CC[C@H](C)C(C)(C)[C@@H]5CC[C@H]4[C@]12C.[HH]. The van der Waals surface area contributed by atoms with Crippen molar-refractivity contribution in [2.24, 2.45) is 119 Å². The number of aliphatic hydroxyl groups excluding tert-OH is 2. The molecule has 12 fully saturated rings. The highest BCUT2D eigenvalue weighted by molar-refractivity contribution is 6.74. The molecule has 82 heavy (non-hydrogen) atoms. The Morgan fingerprint density at radius 2 is 0.866 bits per heavy atom. The van der Waals surface area contributed by atoms with E-state index in [-0.39, 0.29) is 65.6 Å². The molecule has 12 aliphatic rings. The summed E-state index contributed by atoms with van der Waals surface area (Å²) in [5.74, 6) is 7.22. The topological polar surface area (TPSA) is 77.4 Å². The average molecular weight is 1170 g/mol. The van der Waals surface area contributed by atoms with Gasteiger partial charge in [0.05, 0.1) is 42.7 Å². The van der Waals surface area contributed by atoms with Crippen LogP contribution < -0.4 is 0 Å². The summed E-state index contributed by atoms with van der Waals surface area (Å²) >= 11 is 0. The summed E-state index contributed by atoms with van der Waals surface area (Å²) < 4.78 is 30.1. The normalized spacial score (nSPS) is 52.5. The van der Waals surface area contributed by atoms with E-state index in [1.807, 2.05) is 6.92 Å². The van der Waals surface area contributed by atoms with Crippen LogP contribution in [0, 0.1) is 119 Å². The molecule has 10 aliphatic carbocycles. The second kappa shape index (κ2) is 20.7. The van der Waals surface area contributed by atoms with Crippen molar-refractivity contribution in [1.82, 2.24) is 0 Å². The molecule has 26 atom stereocenters. The van der Waals surface area contributed by atoms with Crippen LogP contribution in [0.4, 0.5) is 0 Å². The van der Waals surface area contributed by atoms with Gasteiger partial charge in [-0.3, -0.25) is 0 Å². The molecule has 2 aliphatic heterocycles. The molecule has 472 valence electrons. The van der Waals surface area contributed by atoms with E-state index >= 15 is 0 Å². The van der Waals surface area contributed by atoms with Gasteiger partial charge in [0.2, 0.25) is 0 Å². The van der Waals surface area contributed by atoms with Crippen LogP contribution in [-0.2, 0) is 18.3 Å². The standard InChI is InChI=1S/C37H66O3Si.C37H64O3Si.H2/c2*1-12-41(13-2,14-3)40-32-31-29(24(6)21-26(39-31)30(38)23(4)5)34(10)19-20-37-22-36(37)18-17-25(7)33(8,9)27(36)15-16-28(37)35(32,34)11;/h23-32,38H,12-22H2,1-11H3;24-32,38H,4,12-22H2,1-3,5-11H3;1H/t2*24-,25+,26-,27+,28+,29+,30-,31+,32+,34-,35-,36-,37+;/m11./s1. The van der Waals surface area contributed by atoms with Crippen LogP contribution in [0.25, 0.3) is 0 Å². The molecular weight excluding hydrogens is 1040 g/mol. The Bertz CT molecular complexity index is 2370. The van der Waals surface area contributed by atoms with E-state index in [1.54, 1.807) is 0 Å². The fourth-order valence-corrected chi connectivity index (χ4v) is 32.9. The van der Waals surface area contributed by atoms with Gasteiger partial charge in [-0.15, -0.1) is 0 Å². The van der Waals surface area contributed by atoms with Gasteiger partial charge in [0, 0.05) is 12.3 Å². The zero-order chi connectivity index (χ0) is 59.9. The zero-order valence-electron chi connectivity index (χ0n) is 57.3. The van der Waals surface area contributed by atoms with Crippen LogP contribution in [0.5, 0.6) is 0 Å². The summed E-state index contributed by atoms with van der Waals surface area (Å²) in [5.41, 5.74) is 4.58. The highest BCUT2D eigenvalue weighted by Crippen LogP contribution is 2.92. The van der Waals surface area contributed by atoms with E-state index in [0.717, 1.165) is 53.9 Å². The summed E-state index contributed by atoms with van der Waals surface area (Å²) in [5, 5.41) is 22.5. The number of hydrogen-bond acceptors (Lipinski definition) is 6. The fraction of sp³-hybridized carbons (Fsp3) is 0.973. The largest absolute Gasteiger partial charge is 0.411 e. The molecule has 0 amide bonds. The second-order valence-corrected chi connectivity index (χ2v) is 45.1. The molecule has 0 unspecified atom stereocenters. The van der Waals surface area contributed by atoms with E-state index in [1.165, 1.54) is 126 Å². The number of ether oxygens (including phenoxy) is 2. The predicted octanol–water partition coefficient (Wildman–Crippen LogP) is 19.1. The number of aliphatic hydroxyl groups is 2. The summed E-state index contributed by atoms with van der Waals surface area (Å²) in [4.78, 5) is 0. The Morgan fingerprint density at radius 1 is 0.524 bits per heavy atom. The maximum Gasteiger partial charge on any atom is 0.192 e. The van der Waals surface area contributed by atoms with Crippen LogP contribution in [0.3, 0.4) is 0 Å². The lowest BCUT2D eigenvalue weighted by Gasteiger charge is -2.64. The van der Waals surface area contributed by atoms with Crippen molar-refractivity contribution >= 4 is 16.6 Å². The van der Waals surface area contributed by atoms with Crippen molar-refractivity contribution in [1.29, 1.82) is 0 Å². The van der Waals surface area contributed by atoms with Crippen molar-refractivity contribution in [2.75, 3.05) is 0 Å². The number of rotatable bonds is 14. The van der Waals surface area contributed by atoms with Crippen molar-refractivity contribution in [3.05, 3.63) is 12.2 Å². The maximum absolute atomic E-state index is 11.3. The first-order valence-electron chi connectivity index (χ1n) is 36.0. The Kier molecular flexibility index (Phi) is 16.1. The molecule has 0 radical (unpaired) electrons. The highest BCUT2D eigenvalue weighted by Gasteiger charge is 2.87. The second-order valence-electron chi connectivity index (χ2n) is 35.6. The van der Waals surface area contributed by atoms with Crippen molar-refractivity contribution in [3.8, 4) is 0 Å². The molecule has 4 spiro atoms. The monoisotopic (exact) mass is 1170 g/mol. The van der Waals surface area contributed by atoms with Gasteiger partial charge in [-0.25, -0.2) is 0 Å². The molecule has 8 heteroatoms. The van der Waals surface area contributed by atoms with Gasteiger partial charge < -0.3 is 28.5 Å². The van der Waals surface area contributed by atoms with Crippen LogP contribution in [-0.4, -0.2) is 75.7 Å². The van der Waals surface area contributed by atoms with E-state index in [9.17, 15) is 10.2 Å². The first-order valence-corrected chi connectivity index (χ1v) is 41.0. The quantitative estimate of drug-likeness (QED) is 0.133. The summed E-state index contributed by atoms with van der Waals surface area (Å²) in [6, 6.07) is 7.14. The first kappa shape index (κ1) is 63.5. The summed E-state index contributed by atoms with van der Waals surface area (Å²) in [6.45, 7) is 56.1. The van der Waals surface area contributed by atoms with E-state index in [0.29, 0.717) is 56.2 Å². The fourth-order valence-electron chi connectivity index (χ4n) is 27.1. The van der Waals surface area contributed by atoms with Crippen LogP contribution >= 0.6 is 0 Å². The first-order chi connectivity index (χ1) is 38.3. The highest BCUT2D eigenvalue weighted by atomic mass is 28.4. The predicted molar refractivity (Wildman–Crippen MR) is 346 cm³/mol. The Labute approximate surface area is 508 Å². The van der Waals surface area contributed by atoms with Gasteiger partial charge in [-0.1, -0.05) is 145 Å². The summed E-state index contributed by atoms with van der Waals surface area (Å²) in [7, 11) is -3.79. The smallest absolute Gasteiger partial charge is 0.192 e. The molecule has 6 nitrogen and oxygen atoms in total. The molecule has 0 aromatic carbocycles. The third-order valence-corrected chi connectivity index (χ3v) is 42.5. The van der Waals surface area contributed by atoms with Crippen LogP contribution in [0.1, 0.15) is 250 Å². The van der Waals surface area contributed by atoms with Gasteiger partial charge in [0.1, 0.15) is 6.10 Å². The minimum atomic E-state index is -1.90. The van der Waals surface area contributed by atoms with E-state index in [2.05, 4.69) is 145 Å². The molecule has 2 saturated heterocycles. The Hall–Kier alpha value is -0.0662. The summed E-state index contributed by atoms with van der Waals surface area (Å²) in [6.07, 6.45) is 21.0. The van der Waals surface area contributed by atoms with E-state index in [4.69, 9.17) is 18.3 Å². The van der Waals surface area contributed by atoms with Crippen molar-refractivity contribution < 1.29 is 30.0 Å². The van der Waals surface area contributed by atoms with Gasteiger partial charge in [-0.2, -0.15) is 0 Å². The number of hydrogen-bond donors (Lipinski definition) is 2. The third kappa shape index (κ3) is 8.10.